The molecule has 0 bridgehead atoms. The van der Waals surface area contributed by atoms with E-state index in [1.54, 1.807) is 12.0 Å². The van der Waals surface area contributed by atoms with Gasteiger partial charge in [0.15, 0.2) is 5.82 Å². The van der Waals surface area contributed by atoms with Crippen LogP contribution < -0.4 is 9.64 Å². The van der Waals surface area contributed by atoms with E-state index in [-0.39, 0.29) is 30.3 Å². The van der Waals surface area contributed by atoms with E-state index in [2.05, 4.69) is 15.1 Å². The van der Waals surface area contributed by atoms with Gasteiger partial charge in [0.1, 0.15) is 5.75 Å². The van der Waals surface area contributed by atoms with Gasteiger partial charge in [-0.3, -0.25) is 9.59 Å². The predicted octanol–water partition coefficient (Wildman–Crippen LogP) is 3.47. The van der Waals surface area contributed by atoms with Crippen LogP contribution in [0.25, 0.3) is 11.3 Å². The van der Waals surface area contributed by atoms with Crippen LogP contribution in [0, 0.1) is 5.92 Å². The number of nitrogens with zero attached hydrogens (tertiary/aromatic N) is 5. The molecule has 0 N–H and O–H groups in total. The van der Waals surface area contributed by atoms with Gasteiger partial charge in [-0.2, -0.15) is 0 Å². The molecule has 1 atom stereocenters. The summed E-state index contributed by atoms with van der Waals surface area (Å²) in [5.74, 6) is 1.53. The number of hydrogen-bond acceptors (Lipinski definition) is 6. The van der Waals surface area contributed by atoms with Gasteiger partial charge >= 0.3 is 0 Å². The van der Waals surface area contributed by atoms with E-state index >= 15 is 0 Å². The minimum atomic E-state index is -0.124. The Labute approximate surface area is 202 Å². The number of hydrogen-bond donors (Lipinski definition) is 0. The molecule has 3 rings (SSSR count). The first kappa shape index (κ1) is 25.5. The largest absolute Gasteiger partial charge is 0.497 e. The molecule has 1 aromatic carbocycles. The maximum absolute atomic E-state index is 13.1. The van der Waals surface area contributed by atoms with Crippen molar-refractivity contribution >= 4 is 17.6 Å². The first-order valence-corrected chi connectivity index (χ1v) is 12.1. The van der Waals surface area contributed by atoms with E-state index in [1.807, 2.05) is 69.0 Å². The number of aromatic nitrogens is 2. The molecule has 2 aromatic rings. The minimum Gasteiger partial charge on any atom is -0.497 e. The third-order valence-electron chi connectivity index (χ3n) is 6.41. The van der Waals surface area contributed by atoms with Crippen molar-refractivity contribution in [1.29, 1.82) is 0 Å². The summed E-state index contributed by atoms with van der Waals surface area (Å²) in [7, 11) is 1.65. The fourth-order valence-corrected chi connectivity index (χ4v) is 4.05. The lowest BCUT2D eigenvalue weighted by Crippen LogP contribution is -2.48. The fourth-order valence-electron chi connectivity index (χ4n) is 4.05. The molecular formula is C26H37N5O3. The molecule has 1 fully saturated rings. The van der Waals surface area contributed by atoms with Gasteiger partial charge in [0.25, 0.3) is 0 Å². The summed E-state index contributed by atoms with van der Waals surface area (Å²) < 4.78 is 5.21. The zero-order chi connectivity index (χ0) is 24.7. The smallest absolute Gasteiger partial charge is 0.242 e. The lowest BCUT2D eigenvalue weighted by atomic mass is 10.1. The first-order chi connectivity index (χ1) is 16.3. The summed E-state index contributed by atoms with van der Waals surface area (Å²) in [5, 5.41) is 8.86. The molecule has 2 heterocycles. The van der Waals surface area contributed by atoms with Gasteiger partial charge in [-0.05, 0) is 56.2 Å². The third-order valence-corrected chi connectivity index (χ3v) is 6.41. The molecular weight excluding hydrogens is 430 g/mol. The molecule has 8 heteroatoms. The number of benzene rings is 1. The maximum Gasteiger partial charge on any atom is 0.242 e. The number of ether oxygens (including phenoxy) is 1. The van der Waals surface area contributed by atoms with Crippen LogP contribution in [0.3, 0.4) is 0 Å². The Bertz CT molecular complexity index is 946. The van der Waals surface area contributed by atoms with Crippen LogP contribution in [0.1, 0.15) is 40.5 Å². The highest BCUT2D eigenvalue weighted by atomic mass is 16.5. The number of carbonyl (C=O) groups is 2. The molecule has 0 saturated carbocycles. The SMILES string of the molecule is CC[C@H](C)N(CC(=O)N1CCCN(c2ccc(-c3ccc(OC)cc3)nn2)CC1)C(=O)C(C)C. The second kappa shape index (κ2) is 11.8. The molecule has 0 spiro atoms. The summed E-state index contributed by atoms with van der Waals surface area (Å²) >= 11 is 0. The predicted molar refractivity (Wildman–Crippen MR) is 134 cm³/mol. The van der Waals surface area contributed by atoms with Crippen LogP contribution in [0.4, 0.5) is 5.82 Å². The Kier molecular flexibility index (Phi) is 8.85. The van der Waals surface area contributed by atoms with Gasteiger partial charge in [0.05, 0.1) is 19.3 Å². The van der Waals surface area contributed by atoms with Gasteiger partial charge < -0.3 is 19.4 Å². The number of methoxy groups -OCH3 is 1. The summed E-state index contributed by atoms with van der Waals surface area (Å²) in [6, 6.07) is 11.7. The highest BCUT2D eigenvalue weighted by Gasteiger charge is 2.27. The molecule has 1 aliphatic heterocycles. The molecule has 1 aromatic heterocycles. The van der Waals surface area contributed by atoms with Crippen molar-refractivity contribution < 1.29 is 14.3 Å². The Balaban J connectivity index is 1.61. The topological polar surface area (TPSA) is 78.9 Å². The van der Waals surface area contributed by atoms with Crippen molar-refractivity contribution in [2.75, 3.05) is 44.7 Å². The summed E-state index contributed by atoms with van der Waals surface area (Å²) in [6.07, 6.45) is 1.67. The Hall–Kier alpha value is -3.16. The number of carbonyl (C=O) groups excluding carboxylic acids is 2. The monoisotopic (exact) mass is 467 g/mol. The number of rotatable bonds is 8. The highest BCUT2D eigenvalue weighted by molar-refractivity contribution is 5.86. The molecule has 2 amide bonds. The molecule has 34 heavy (non-hydrogen) atoms. The van der Waals surface area contributed by atoms with Crippen molar-refractivity contribution in [3.8, 4) is 17.0 Å². The molecule has 1 saturated heterocycles. The van der Waals surface area contributed by atoms with Crippen LogP contribution in [0.15, 0.2) is 36.4 Å². The second-order valence-electron chi connectivity index (χ2n) is 9.10. The van der Waals surface area contributed by atoms with Crippen LogP contribution in [-0.4, -0.2) is 77.7 Å². The fraction of sp³-hybridized carbons (Fsp3) is 0.538. The lowest BCUT2D eigenvalue weighted by molar-refractivity contribution is -0.144. The number of anilines is 1. The van der Waals surface area contributed by atoms with Gasteiger partial charge in [-0.25, -0.2) is 0 Å². The molecule has 8 nitrogen and oxygen atoms in total. The van der Waals surface area contributed by atoms with Crippen molar-refractivity contribution in [2.45, 2.75) is 46.6 Å². The molecule has 0 unspecified atom stereocenters. The summed E-state index contributed by atoms with van der Waals surface area (Å²) in [5.41, 5.74) is 1.78. The van der Waals surface area contributed by atoms with E-state index < -0.39 is 0 Å². The van der Waals surface area contributed by atoms with Gasteiger partial charge in [0.2, 0.25) is 11.8 Å². The van der Waals surface area contributed by atoms with Crippen LogP contribution in [0.2, 0.25) is 0 Å². The van der Waals surface area contributed by atoms with Crippen molar-refractivity contribution in [2.24, 2.45) is 5.92 Å². The van der Waals surface area contributed by atoms with E-state index in [0.717, 1.165) is 42.2 Å². The molecule has 1 aliphatic rings. The van der Waals surface area contributed by atoms with Gasteiger partial charge in [-0.1, -0.05) is 20.8 Å². The zero-order valence-electron chi connectivity index (χ0n) is 21.0. The van der Waals surface area contributed by atoms with E-state index in [1.165, 1.54) is 0 Å². The minimum absolute atomic E-state index is 0.0112. The van der Waals surface area contributed by atoms with Crippen LogP contribution in [0.5, 0.6) is 5.75 Å². The summed E-state index contributed by atoms with van der Waals surface area (Å²) in [6.45, 7) is 10.7. The van der Waals surface area contributed by atoms with Crippen LogP contribution in [-0.2, 0) is 9.59 Å². The van der Waals surface area contributed by atoms with Crippen LogP contribution >= 0.6 is 0 Å². The Morgan fingerprint density at radius 3 is 2.32 bits per heavy atom. The van der Waals surface area contributed by atoms with Crippen molar-refractivity contribution in [3.05, 3.63) is 36.4 Å². The number of amides is 2. The highest BCUT2D eigenvalue weighted by Crippen LogP contribution is 2.22. The lowest BCUT2D eigenvalue weighted by Gasteiger charge is -2.32. The van der Waals surface area contributed by atoms with E-state index in [0.29, 0.717) is 19.6 Å². The maximum atomic E-state index is 13.1. The van der Waals surface area contributed by atoms with Crippen molar-refractivity contribution in [3.63, 3.8) is 0 Å². The average Bonchev–Trinajstić information content (AvgIpc) is 3.13. The van der Waals surface area contributed by atoms with Gasteiger partial charge in [-0.15, -0.1) is 10.2 Å². The first-order valence-electron chi connectivity index (χ1n) is 12.1. The second-order valence-corrected chi connectivity index (χ2v) is 9.10. The zero-order valence-corrected chi connectivity index (χ0v) is 21.0. The quantitative estimate of drug-likeness (QED) is 0.592. The Morgan fingerprint density at radius 2 is 1.74 bits per heavy atom. The summed E-state index contributed by atoms with van der Waals surface area (Å²) in [4.78, 5) is 31.5. The molecule has 0 radical (unpaired) electrons. The average molecular weight is 468 g/mol. The van der Waals surface area contributed by atoms with Crippen molar-refractivity contribution in [1.82, 2.24) is 20.0 Å². The molecule has 184 valence electrons. The Morgan fingerprint density at radius 1 is 1.00 bits per heavy atom. The molecule has 0 aliphatic carbocycles. The van der Waals surface area contributed by atoms with E-state index in [9.17, 15) is 9.59 Å². The standard InChI is InChI=1S/C26H37N5O3/c1-6-20(4)31(26(33)19(2)3)18-25(32)30-15-7-14-29(16-17-30)24-13-12-23(27-28-24)21-8-10-22(34-5)11-9-21/h8-13,19-20H,6-7,14-18H2,1-5H3/t20-/m0/s1. The third kappa shape index (κ3) is 6.24. The van der Waals surface area contributed by atoms with Gasteiger partial charge in [0, 0.05) is 43.7 Å². The van der Waals surface area contributed by atoms with E-state index in [4.69, 9.17) is 4.74 Å². The normalized spacial score (nSPS) is 15.1.